The average Bonchev–Trinajstić information content (AvgIpc) is 2.56. The number of imide groups is 1. The fourth-order valence-corrected chi connectivity index (χ4v) is 1.40. The highest BCUT2D eigenvalue weighted by molar-refractivity contribution is 5.95. The molecular weight excluding hydrogens is 213 g/mol. The van der Waals surface area contributed by atoms with Crippen molar-refractivity contribution in [2.24, 2.45) is 5.73 Å². The van der Waals surface area contributed by atoms with Gasteiger partial charge in [-0.2, -0.15) is 0 Å². The van der Waals surface area contributed by atoms with Crippen molar-refractivity contribution < 1.29 is 15.4 Å². The molecule has 0 aliphatic carbocycles. The minimum Gasteiger partial charge on any atom is -0.351 e. The van der Waals surface area contributed by atoms with Gasteiger partial charge >= 0.3 is 12.1 Å². The van der Waals surface area contributed by atoms with E-state index in [1.807, 2.05) is 0 Å². The molecule has 0 aromatic heterocycles. The first-order valence-electron chi connectivity index (χ1n) is 4.55. The Kier molecular flexibility index (Phi) is 3.44. The van der Waals surface area contributed by atoms with Crippen molar-refractivity contribution in [2.45, 2.75) is 0 Å². The fourth-order valence-electron chi connectivity index (χ4n) is 1.40. The second-order valence-corrected chi connectivity index (χ2v) is 3.12. The summed E-state index contributed by atoms with van der Waals surface area (Å²) in [7, 11) is 0. The topological polar surface area (TPSA) is 66.6 Å². The maximum atomic E-state index is 13.1. The molecule has 2 N–H and O–H groups in total. The van der Waals surface area contributed by atoms with Gasteiger partial charge in [0.25, 0.3) is 0 Å². The third-order valence-corrected chi connectivity index (χ3v) is 2.12. The molecule has 1 rings (SSSR count). The molecule has 6 heteroatoms. The number of hydrogen-bond acceptors (Lipinski definition) is 2. The number of allylic oxidation sites excluding steroid dienone is 3. The van der Waals surface area contributed by atoms with E-state index in [-0.39, 0.29) is 20.2 Å². The van der Waals surface area contributed by atoms with Crippen LogP contribution in [0.2, 0.25) is 0 Å². The zero-order valence-corrected chi connectivity index (χ0v) is 8.65. The summed E-state index contributed by atoms with van der Waals surface area (Å²) in [6.45, 7) is 6.84. The number of halogens is 1. The monoisotopic (exact) mass is 227 g/mol. The summed E-state index contributed by atoms with van der Waals surface area (Å²) in [6, 6.07) is -1.51. The third-order valence-electron chi connectivity index (χ3n) is 2.12. The van der Waals surface area contributed by atoms with Crippen LogP contribution in [0.15, 0.2) is 36.8 Å². The lowest BCUT2D eigenvalue weighted by molar-refractivity contribution is 0.194. The van der Waals surface area contributed by atoms with E-state index in [1.54, 1.807) is 0 Å². The fraction of sp³-hybridized carbons (Fsp3) is 0.200. The molecule has 0 aromatic rings. The van der Waals surface area contributed by atoms with Crippen molar-refractivity contribution in [2.75, 3.05) is 13.1 Å². The zero-order chi connectivity index (χ0) is 12.3. The SMILES string of the molecule is C=C/C=C(\C(=C)F)N1CCN(C(N)=O)C1=O.[HH]. The lowest BCUT2D eigenvalue weighted by Gasteiger charge is -2.17. The number of amides is 4. The number of carbonyl (C=O) groups excluding carboxylic acids is 2. The highest BCUT2D eigenvalue weighted by Crippen LogP contribution is 2.21. The van der Waals surface area contributed by atoms with Crippen molar-refractivity contribution >= 4 is 12.1 Å². The summed E-state index contributed by atoms with van der Waals surface area (Å²) in [5.41, 5.74) is 4.97. The minimum atomic E-state index is -0.852. The van der Waals surface area contributed by atoms with Crippen LogP contribution in [-0.2, 0) is 0 Å². The van der Waals surface area contributed by atoms with E-state index in [1.165, 1.54) is 12.2 Å². The molecule has 0 aromatic carbocycles. The molecule has 1 aliphatic rings. The van der Waals surface area contributed by atoms with E-state index < -0.39 is 17.9 Å². The summed E-state index contributed by atoms with van der Waals surface area (Å²) in [5.74, 6) is -0.764. The zero-order valence-electron chi connectivity index (χ0n) is 8.65. The van der Waals surface area contributed by atoms with Gasteiger partial charge in [-0.1, -0.05) is 19.2 Å². The molecule has 0 saturated carbocycles. The lowest BCUT2D eigenvalue weighted by atomic mass is 10.3. The number of nitrogens with two attached hydrogens (primary N) is 1. The quantitative estimate of drug-likeness (QED) is 0.744. The maximum absolute atomic E-state index is 13.1. The minimum absolute atomic E-state index is 0. The van der Waals surface area contributed by atoms with Gasteiger partial charge in [0.2, 0.25) is 0 Å². The molecule has 1 heterocycles. The molecule has 0 atom stereocenters. The van der Waals surface area contributed by atoms with Gasteiger partial charge in [0, 0.05) is 7.97 Å². The van der Waals surface area contributed by atoms with Gasteiger partial charge in [-0.05, 0) is 6.08 Å². The van der Waals surface area contributed by atoms with E-state index in [9.17, 15) is 14.0 Å². The Labute approximate surface area is 93.8 Å². The van der Waals surface area contributed by atoms with Crippen molar-refractivity contribution in [1.29, 1.82) is 0 Å². The Bertz CT molecular complexity index is 395. The van der Waals surface area contributed by atoms with Crippen LogP contribution < -0.4 is 5.73 Å². The Balaban J connectivity index is 0.00000256. The molecule has 0 unspecified atom stereocenters. The van der Waals surface area contributed by atoms with Gasteiger partial charge in [-0.3, -0.25) is 4.90 Å². The molecule has 1 saturated heterocycles. The van der Waals surface area contributed by atoms with E-state index in [0.717, 1.165) is 9.80 Å². The predicted molar refractivity (Wildman–Crippen MR) is 59.0 cm³/mol. The lowest BCUT2D eigenvalue weighted by Crippen LogP contribution is -2.39. The second kappa shape index (κ2) is 4.61. The highest BCUT2D eigenvalue weighted by atomic mass is 19.1. The third kappa shape index (κ3) is 2.10. The van der Waals surface area contributed by atoms with Gasteiger partial charge < -0.3 is 5.73 Å². The number of urea groups is 2. The number of carbonyl (C=O) groups is 2. The van der Waals surface area contributed by atoms with Crippen molar-refractivity contribution in [1.82, 2.24) is 9.80 Å². The van der Waals surface area contributed by atoms with E-state index in [0.29, 0.717) is 0 Å². The van der Waals surface area contributed by atoms with Crippen LogP contribution in [0, 0.1) is 0 Å². The molecule has 0 bridgehead atoms. The summed E-state index contributed by atoms with van der Waals surface area (Å²) in [4.78, 5) is 24.4. The van der Waals surface area contributed by atoms with Gasteiger partial charge in [0.05, 0.1) is 12.2 Å². The van der Waals surface area contributed by atoms with Crippen LogP contribution in [0.3, 0.4) is 0 Å². The second-order valence-electron chi connectivity index (χ2n) is 3.12. The molecule has 1 fully saturated rings. The first kappa shape index (κ1) is 12.0. The number of primary amides is 1. The first-order valence-corrected chi connectivity index (χ1v) is 4.55. The van der Waals surface area contributed by atoms with Crippen LogP contribution in [0.1, 0.15) is 1.43 Å². The summed E-state index contributed by atoms with van der Waals surface area (Å²) in [5, 5.41) is 0. The van der Waals surface area contributed by atoms with Gasteiger partial charge in [-0.15, -0.1) is 0 Å². The number of nitrogens with zero attached hydrogens (tertiary/aromatic N) is 2. The maximum Gasteiger partial charge on any atom is 0.332 e. The average molecular weight is 227 g/mol. The predicted octanol–water partition coefficient (Wildman–Crippen LogP) is 1.60. The highest BCUT2D eigenvalue weighted by Gasteiger charge is 2.34. The van der Waals surface area contributed by atoms with Crippen LogP contribution in [0.5, 0.6) is 0 Å². The van der Waals surface area contributed by atoms with Crippen LogP contribution in [0.25, 0.3) is 0 Å². The molecular formula is C10H14FN3O2. The van der Waals surface area contributed by atoms with Crippen molar-refractivity contribution in [3.63, 3.8) is 0 Å². The van der Waals surface area contributed by atoms with Crippen LogP contribution in [-0.4, -0.2) is 35.0 Å². The van der Waals surface area contributed by atoms with Gasteiger partial charge in [-0.25, -0.2) is 18.9 Å². The smallest absolute Gasteiger partial charge is 0.332 e. The molecule has 0 radical (unpaired) electrons. The largest absolute Gasteiger partial charge is 0.351 e. The van der Waals surface area contributed by atoms with Crippen molar-refractivity contribution in [3.8, 4) is 0 Å². The molecule has 4 amide bonds. The van der Waals surface area contributed by atoms with Gasteiger partial charge in [0.1, 0.15) is 5.83 Å². The standard InChI is InChI=1S/C10H12FN3O2.H2/c1-3-4-8(7(2)11)13-5-6-14(9(12)15)10(13)16;/h3-4H,1-2,5-6H2,(H2,12,15);1H/b8-4+;. The van der Waals surface area contributed by atoms with Crippen LogP contribution >= 0.6 is 0 Å². The molecule has 0 spiro atoms. The van der Waals surface area contributed by atoms with Crippen LogP contribution in [0.4, 0.5) is 14.0 Å². The molecule has 16 heavy (non-hydrogen) atoms. The molecule has 5 nitrogen and oxygen atoms in total. The Morgan fingerprint density at radius 1 is 1.50 bits per heavy atom. The Morgan fingerprint density at radius 3 is 2.44 bits per heavy atom. The summed E-state index contributed by atoms with van der Waals surface area (Å²) >= 11 is 0. The number of rotatable bonds is 3. The summed E-state index contributed by atoms with van der Waals surface area (Å²) < 4.78 is 13.1. The van der Waals surface area contributed by atoms with E-state index in [4.69, 9.17) is 5.73 Å². The van der Waals surface area contributed by atoms with E-state index in [2.05, 4.69) is 13.2 Å². The Morgan fingerprint density at radius 2 is 2.06 bits per heavy atom. The molecule has 1 aliphatic heterocycles. The normalized spacial score (nSPS) is 16.6. The van der Waals surface area contributed by atoms with Crippen molar-refractivity contribution in [3.05, 3.63) is 36.8 Å². The molecule has 88 valence electrons. The van der Waals surface area contributed by atoms with E-state index >= 15 is 0 Å². The number of hydrogen-bond donors (Lipinski definition) is 1. The van der Waals surface area contributed by atoms with Gasteiger partial charge in [0.15, 0.2) is 0 Å². The first-order chi connectivity index (χ1) is 7.49. The summed E-state index contributed by atoms with van der Waals surface area (Å²) in [6.07, 6.45) is 2.64. The Hall–Kier alpha value is -2.11.